The van der Waals surface area contributed by atoms with Gasteiger partial charge in [-0.25, -0.2) is 15.0 Å². The number of anilines is 3. The van der Waals surface area contributed by atoms with E-state index in [1.54, 1.807) is 0 Å². The van der Waals surface area contributed by atoms with Crippen LogP contribution in [0.5, 0.6) is 0 Å². The number of nitrogens with one attached hydrogen (secondary N) is 1. The molecule has 6 aromatic rings. The number of aryl methyl sites for hydroxylation is 6. The summed E-state index contributed by atoms with van der Waals surface area (Å²) >= 11 is 32.9. The molecule has 10 nitrogen and oxygen atoms in total. The van der Waals surface area contributed by atoms with Crippen LogP contribution in [-0.2, 0) is 38.9 Å². The highest BCUT2D eigenvalue weighted by Crippen LogP contribution is 2.46. The SMILES string of the molecule is CCN(CC)c1nc2c(Br)c(Br)c(Br)c3c2n1CCC3.CN(C)CCNc1nc2c(Br)c(Br)c(Br)c3c2n1CCC3.Nc1nc2c(Br)c(Br)c(Br)c3c2n1CCC3. The number of hydrogen-bond donors (Lipinski definition) is 2. The van der Waals surface area contributed by atoms with Gasteiger partial charge in [-0.1, -0.05) is 0 Å². The zero-order chi connectivity index (χ0) is 41.0. The molecule has 9 rings (SSSR count). The molecule has 0 aliphatic carbocycles. The van der Waals surface area contributed by atoms with Crippen LogP contribution in [0.1, 0.15) is 49.8 Å². The molecule has 0 unspecified atom stereocenters. The summed E-state index contributed by atoms with van der Waals surface area (Å²) in [7, 11) is 4.16. The molecule has 0 atom stereocenters. The number of nitrogens with zero attached hydrogens (tertiary/aromatic N) is 8. The van der Waals surface area contributed by atoms with E-state index in [0.717, 1.165) is 152 Å². The Hall–Kier alpha value is -0.250. The molecule has 3 aliphatic heterocycles. The molecule has 0 amide bonds. The van der Waals surface area contributed by atoms with Crippen molar-refractivity contribution < 1.29 is 0 Å². The molecule has 57 heavy (non-hydrogen) atoms. The number of imidazole rings is 3. The number of rotatable bonds is 7. The highest BCUT2D eigenvalue weighted by Gasteiger charge is 2.28. The van der Waals surface area contributed by atoms with E-state index in [1.165, 1.54) is 34.1 Å². The van der Waals surface area contributed by atoms with Gasteiger partial charge < -0.3 is 34.6 Å². The van der Waals surface area contributed by atoms with E-state index in [-0.39, 0.29) is 0 Å². The second kappa shape index (κ2) is 18.6. The summed E-state index contributed by atoms with van der Waals surface area (Å²) < 4.78 is 16.3. The summed E-state index contributed by atoms with van der Waals surface area (Å²) in [5.41, 5.74) is 16.7. The molecule has 0 radical (unpaired) electrons. The smallest absolute Gasteiger partial charge is 0.206 e. The topological polar surface area (TPSA) is 98.0 Å². The zero-order valence-corrected chi connectivity index (χ0v) is 46.0. The Morgan fingerprint density at radius 2 is 0.982 bits per heavy atom. The van der Waals surface area contributed by atoms with Gasteiger partial charge in [0.25, 0.3) is 0 Å². The standard InChI is InChI=1S/C14H17Br3N4.C14H16Br3N3.C10H8Br3N3/c1-20(2)7-5-18-14-19-12-11(17)10(16)9(15)8-4-3-6-21(14)13(8)12;1-3-19(4-2)14-18-12-11(17)10(16)9(15)8-6-5-7-20(14)13(8)12;11-5-4-2-1-3-16-9(4)8(15-10(16)14)7(13)6(5)12/h3-7H2,1-2H3,(H,18,19);3-7H2,1-2H3;1-3H2,(H2,14,15). The van der Waals surface area contributed by atoms with Crippen LogP contribution < -0.4 is 16.0 Å². The van der Waals surface area contributed by atoms with E-state index in [4.69, 9.17) is 15.7 Å². The van der Waals surface area contributed by atoms with Gasteiger partial charge in [-0.05, 0) is 227 Å². The molecule has 3 aromatic carbocycles. The van der Waals surface area contributed by atoms with Crippen molar-refractivity contribution in [3.8, 4) is 0 Å². The molecule has 3 aliphatic rings. The molecule has 3 aromatic heterocycles. The quantitative estimate of drug-likeness (QED) is 0.154. The summed E-state index contributed by atoms with van der Waals surface area (Å²) in [6, 6.07) is 0. The summed E-state index contributed by atoms with van der Waals surface area (Å²) in [6.07, 6.45) is 6.68. The highest BCUT2D eigenvalue weighted by molar-refractivity contribution is 9.15. The van der Waals surface area contributed by atoms with Crippen LogP contribution in [0.25, 0.3) is 33.1 Å². The van der Waals surface area contributed by atoms with Crippen LogP contribution in [0.15, 0.2) is 40.3 Å². The highest BCUT2D eigenvalue weighted by atomic mass is 79.9. The first-order valence-electron chi connectivity index (χ1n) is 18.8. The Kier molecular flexibility index (Phi) is 14.6. The van der Waals surface area contributed by atoms with Gasteiger partial charge in [0.05, 0.1) is 30.0 Å². The van der Waals surface area contributed by atoms with Crippen molar-refractivity contribution in [2.75, 3.05) is 56.2 Å². The van der Waals surface area contributed by atoms with Gasteiger partial charge in [0.2, 0.25) is 17.8 Å². The van der Waals surface area contributed by atoms with E-state index in [0.29, 0.717) is 5.95 Å². The molecule has 19 heteroatoms. The van der Waals surface area contributed by atoms with Crippen LogP contribution in [0.3, 0.4) is 0 Å². The van der Waals surface area contributed by atoms with Gasteiger partial charge in [-0.2, -0.15) is 0 Å². The minimum atomic E-state index is 0.599. The average molecular weight is 1360 g/mol. The number of nitrogens with two attached hydrogens (primary N) is 1. The van der Waals surface area contributed by atoms with Crippen molar-refractivity contribution in [1.82, 2.24) is 33.6 Å². The Morgan fingerprint density at radius 1 is 0.561 bits per heavy atom. The molecule has 0 bridgehead atoms. The Morgan fingerprint density at radius 3 is 1.47 bits per heavy atom. The fourth-order valence-electron chi connectivity index (χ4n) is 7.91. The number of halogens is 9. The number of hydrogen-bond acceptors (Lipinski definition) is 7. The van der Waals surface area contributed by atoms with E-state index in [1.807, 2.05) is 0 Å². The lowest BCUT2D eigenvalue weighted by molar-refractivity contribution is 0.424. The molecule has 3 N–H and O–H groups in total. The molecular formula is C38H41Br9N10. The van der Waals surface area contributed by atoms with Crippen molar-refractivity contribution >= 4 is 194 Å². The van der Waals surface area contributed by atoms with Crippen molar-refractivity contribution in [3.63, 3.8) is 0 Å². The largest absolute Gasteiger partial charge is 0.369 e. The van der Waals surface area contributed by atoms with Crippen LogP contribution in [0.2, 0.25) is 0 Å². The first kappa shape index (κ1) is 44.8. The predicted molar refractivity (Wildman–Crippen MR) is 268 cm³/mol. The van der Waals surface area contributed by atoms with E-state index < -0.39 is 0 Å². The van der Waals surface area contributed by atoms with E-state index >= 15 is 0 Å². The predicted octanol–water partition coefficient (Wildman–Crippen LogP) is 13.2. The molecule has 0 saturated carbocycles. The fourth-order valence-corrected chi connectivity index (χ4v) is 13.2. The summed E-state index contributed by atoms with van der Waals surface area (Å²) in [4.78, 5) is 18.7. The molecular weight excluding hydrogens is 1320 g/mol. The molecule has 0 spiro atoms. The average Bonchev–Trinajstić information content (AvgIpc) is 3.90. The third-order valence-corrected chi connectivity index (χ3v) is 21.2. The zero-order valence-electron chi connectivity index (χ0n) is 31.7. The Bertz CT molecular complexity index is 2520. The first-order chi connectivity index (χ1) is 27.2. The van der Waals surface area contributed by atoms with Gasteiger partial charge in [0.1, 0.15) is 16.6 Å². The third-order valence-electron chi connectivity index (χ3n) is 10.7. The Labute approximate surface area is 408 Å². The summed E-state index contributed by atoms with van der Waals surface area (Å²) in [5.74, 6) is 2.66. The number of aromatic nitrogens is 6. The van der Waals surface area contributed by atoms with Gasteiger partial charge in [-0.3, -0.25) is 0 Å². The minimum Gasteiger partial charge on any atom is -0.369 e. The van der Waals surface area contributed by atoms with Gasteiger partial charge in [-0.15, -0.1) is 0 Å². The van der Waals surface area contributed by atoms with E-state index in [9.17, 15) is 0 Å². The second-order valence-corrected chi connectivity index (χ2v) is 21.5. The number of nitrogen functional groups attached to an aromatic ring is 1. The normalized spacial score (nSPS) is 14.3. The lowest BCUT2D eigenvalue weighted by Crippen LogP contribution is -2.26. The van der Waals surface area contributed by atoms with Crippen molar-refractivity contribution in [2.24, 2.45) is 0 Å². The Balaban J connectivity index is 0.000000132. The summed E-state index contributed by atoms with van der Waals surface area (Å²) in [5, 5.41) is 3.47. The van der Waals surface area contributed by atoms with Crippen LogP contribution in [0, 0.1) is 0 Å². The van der Waals surface area contributed by atoms with Crippen LogP contribution in [0.4, 0.5) is 17.8 Å². The van der Waals surface area contributed by atoms with Gasteiger partial charge >= 0.3 is 0 Å². The summed E-state index contributed by atoms with van der Waals surface area (Å²) in [6.45, 7) is 11.2. The fraction of sp³-hybridized carbons (Fsp3) is 0.447. The lowest BCUT2D eigenvalue weighted by Gasteiger charge is -2.24. The molecule has 0 fully saturated rings. The minimum absolute atomic E-state index is 0.599. The maximum absolute atomic E-state index is 5.94. The van der Waals surface area contributed by atoms with E-state index in [2.05, 4.69) is 205 Å². The number of likely N-dealkylation sites (N-methyl/N-ethyl adjacent to an activating group) is 1. The monoisotopic (exact) mass is 1350 g/mol. The molecule has 6 heterocycles. The number of benzene rings is 3. The van der Waals surface area contributed by atoms with Crippen LogP contribution in [-0.4, -0.2) is 73.8 Å². The van der Waals surface area contributed by atoms with Crippen LogP contribution >= 0.6 is 143 Å². The van der Waals surface area contributed by atoms with Gasteiger partial charge in [0.15, 0.2) is 0 Å². The van der Waals surface area contributed by atoms with Gasteiger partial charge in [0, 0.05) is 72.6 Å². The second-order valence-electron chi connectivity index (χ2n) is 14.3. The maximum Gasteiger partial charge on any atom is 0.206 e. The van der Waals surface area contributed by atoms with Crippen molar-refractivity contribution in [3.05, 3.63) is 56.9 Å². The third kappa shape index (κ3) is 8.25. The van der Waals surface area contributed by atoms with Crippen molar-refractivity contribution in [1.29, 1.82) is 0 Å². The first-order valence-corrected chi connectivity index (χ1v) is 25.9. The molecule has 306 valence electrons. The lowest BCUT2D eigenvalue weighted by atomic mass is 10.0. The maximum atomic E-state index is 5.94. The van der Waals surface area contributed by atoms with Crippen molar-refractivity contribution in [2.45, 2.75) is 72.0 Å². The molecule has 0 saturated heterocycles.